The molecule has 8 rings (SSSR count). The fourth-order valence-corrected chi connectivity index (χ4v) is 4.81. The smallest absolute Gasteiger partial charge is 0.234 e. The maximum Gasteiger partial charge on any atom is 0.234 e. The first kappa shape index (κ1) is 20.5. The van der Waals surface area contributed by atoms with E-state index in [-0.39, 0.29) is 22.8 Å². The molecule has 3 aliphatic rings. The van der Waals surface area contributed by atoms with Crippen molar-refractivity contribution in [3.8, 4) is 22.8 Å². The van der Waals surface area contributed by atoms with Gasteiger partial charge in [0.1, 0.15) is 34.2 Å². The number of hydrogen-bond acceptors (Lipinski definition) is 8. The van der Waals surface area contributed by atoms with Crippen molar-refractivity contribution in [2.24, 2.45) is 0 Å². The van der Waals surface area contributed by atoms with E-state index in [0.29, 0.717) is 22.8 Å². The van der Waals surface area contributed by atoms with E-state index >= 15 is 0 Å². The monoisotopic (exact) mass is 494 g/mol. The van der Waals surface area contributed by atoms with Gasteiger partial charge in [0.2, 0.25) is 11.6 Å². The Labute approximate surface area is 213 Å². The van der Waals surface area contributed by atoms with Crippen molar-refractivity contribution >= 4 is 45.8 Å². The highest BCUT2D eigenvalue weighted by Crippen LogP contribution is 2.35. The summed E-state index contributed by atoms with van der Waals surface area (Å²) in [6, 6.07) is 15.3. The normalized spacial score (nSPS) is 13.3. The SMILES string of the molecule is O=C1c2nccnc2C(=O)c2nc3c(nc21)-c1cc2ccc(cc4nc(cc5ccc(cc-3n1)[nH]5)C=C4)[nH]2. The van der Waals surface area contributed by atoms with Crippen LogP contribution in [0.3, 0.4) is 0 Å². The first-order chi connectivity index (χ1) is 18.6. The Bertz CT molecular complexity index is 1940. The number of hydrogen-bond donors (Lipinski definition) is 2. The van der Waals surface area contributed by atoms with E-state index in [9.17, 15) is 9.59 Å². The number of carbonyl (C=O) groups excluding carboxylic acids is 2. The average Bonchev–Trinajstić information content (AvgIpc) is 3.72. The zero-order valence-electron chi connectivity index (χ0n) is 19.4. The number of nitrogens with one attached hydrogen (secondary N) is 2. The highest BCUT2D eigenvalue weighted by molar-refractivity contribution is 6.25. The van der Waals surface area contributed by atoms with Crippen LogP contribution in [0.15, 0.2) is 60.9 Å². The Balaban J connectivity index is 1.43. The number of nitrogens with zero attached hydrogens (tertiary/aromatic N) is 6. The minimum absolute atomic E-state index is 0.0233. The molecule has 0 spiro atoms. The van der Waals surface area contributed by atoms with Gasteiger partial charge in [-0.05, 0) is 60.7 Å². The molecule has 2 N–H and O–H groups in total. The molecule has 0 aromatic carbocycles. The first-order valence-electron chi connectivity index (χ1n) is 11.8. The Morgan fingerprint density at radius 1 is 0.474 bits per heavy atom. The maximum absolute atomic E-state index is 13.2. The summed E-state index contributed by atoms with van der Waals surface area (Å²) in [5.74, 6) is -0.980. The summed E-state index contributed by atoms with van der Waals surface area (Å²) in [5.41, 5.74) is 6.68. The molecule has 0 amide bonds. The molecular weight excluding hydrogens is 480 g/mol. The molecule has 38 heavy (non-hydrogen) atoms. The van der Waals surface area contributed by atoms with Crippen LogP contribution >= 0.6 is 0 Å². The summed E-state index contributed by atoms with van der Waals surface area (Å²) >= 11 is 0. The van der Waals surface area contributed by atoms with Gasteiger partial charge in [0.05, 0.1) is 22.8 Å². The lowest BCUT2D eigenvalue weighted by Crippen LogP contribution is -2.26. The lowest BCUT2D eigenvalue weighted by atomic mass is 9.97. The third-order valence-corrected chi connectivity index (χ3v) is 6.52. The van der Waals surface area contributed by atoms with Crippen LogP contribution < -0.4 is 0 Å². The number of ketones is 2. The van der Waals surface area contributed by atoms with Crippen LogP contribution in [-0.4, -0.2) is 51.4 Å². The fourth-order valence-electron chi connectivity index (χ4n) is 4.81. The summed E-state index contributed by atoms with van der Waals surface area (Å²) in [4.78, 5) is 60.0. The predicted molar refractivity (Wildman–Crippen MR) is 139 cm³/mol. The quantitative estimate of drug-likeness (QED) is 0.320. The highest BCUT2D eigenvalue weighted by atomic mass is 16.1. The van der Waals surface area contributed by atoms with Crippen molar-refractivity contribution in [2.45, 2.75) is 0 Å². The van der Waals surface area contributed by atoms with Crippen LogP contribution in [0.25, 0.3) is 57.0 Å². The highest BCUT2D eigenvalue weighted by Gasteiger charge is 2.37. The van der Waals surface area contributed by atoms with Gasteiger partial charge in [0, 0.05) is 34.5 Å². The molecule has 2 aliphatic heterocycles. The zero-order chi connectivity index (χ0) is 25.4. The average molecular weight is 494 g/mol. The Morgan fingerprint density at radius 3 is 1.39 bits per heavy atom. The summed E-state index contributed by atoms with van der Waals surface area (Å²) in [6.45, 7) is 0. The van der Waals surface area contributed by atoms with E-state index in [1.165, 1.54) is 12.4 Å². The summed E-state index contributed by atoms with van der Waals surface area (Å²) < 4.78 is 0. The van der Waals surface area contributed by atoms with Crippen LogP contribution in [0.4, 0.5) is 0 Å². The van der Waals surface area contributed by atoms with Crippen LogP contribution in [0.1, 0.15) is 43.8 Å². The number of aromatic nitrogens is 8. The minimum atomic E-state index is -0.490. The van der Waals surface area contributed by atoms with Crippen molar-refractivity contribution in [3.63, 3.8) is 0 Å². The van der Waals surface area contributed by atoms with Crippen molar-refractivity contribution in [2.75, 3.05) is 0 Å². The molecule has 0 saturated carbocycles. The third-order valence-electron chi connectivity index (χ3n) is 6.52. The third kappa shape index (κ3) is 3.07. The van der Waals surface area contributed by atoms with Crippen LogP contribution in [0, 0.1) is 0 Å². The van der Waals surface area contributed by atoms with Gasteiger partial charge in [-0.2, -0.15) is 0 Å². The summed E-state index contributed by atoms with van der Waals surface area (Å²) in [6.07, 6.45) is 6.67. The van der Waals surface area contributed by atoms with Gasteiger partial charge in [-0.15, -0.1) is 0 Å². The number of aromatic amines is 2. The lowest BCUT2D eigenvalue weighted by Gasteiger charge is -2.14. The van der Waals surface area contributed by atoms with E-state index in [4.69, 9.17) is 4.98 Å². The van der Waals surface area contributed by atoms with E-state index in [1.54, 1.807) is 0 Å². The van der Waals surface area contributed by atoms with E-state index < -0.39 is 11.6 Å². The Kier molecular flexibility index (Phi) is 4.02. The van der Waals surface area contributed by atoms with Crippen molar-refractivity contribution in [1.82, 2.24) is 39.9 Å². The van der Waals surface area contributed by atoms with Crippen molar-refractivity contribution in [3.05, 3.63) is 95.1 Å². The standard InChI is InChI=1S/C28H14N8O2/c37-27-23-24(30-8-7-29-23)28(38)26-25(27)35-21-19-11-17-5-3-15(32-17)9-13-1-2-14(31-13)10-16-4-6-18(33-16)12-20(34-19)22(21)36-26/h1-12,32-33H. The van der Waals surface area contributed by atoms with Gasteiger partial charge in [-0.3, -0.25) is 9.59 Å². The number of rotatable bonds is 0. The number of carbonyl (C=O) groups is 2. The Hall–Kier alpha value is -5.64. The number of H-pyrrole nitrogens is 2. The molecule has 0 atom stereocenters. The second-order valence-electron chi connectivity index (χ2n) is 9.02. The number of fused-ring (bicyclic) bond motifs is 13. The van der Waals surface area contributed by atoms with Gasteiger partial charge in [0.25, 0.3) is 0 Å². The van der Waals surface area contributed by atoms with E-state index in [2.05, 4.69) is 34.9 Å². The zero-order valence-corrected chi connectivity index (χ0v) is 19.4. The first-order valence-corrected chi connectivity index (χ1v) is 11.8. The van der Waals surface area contributed by atoms with Gasteiger partial charge in [-0.1, -0.05) is 0 Å². The predicted octanol–water partition coefficient (Wildman–Crippen LogP) is 4.17. The molecule has 10 nitrogen and oxygen atoms in total. The molecule has 5 aromatic heterocycles. The molecule has 0 fully saturated rings. The van der Waals surface area contributed by atoms with Gasteiger partial charge in [-0.25, -0.2) is 29.9 Å². The molecule has 0 unspecified atom stereocenters. The molecule has 0 saturated heterocycles. The Morgan fingerprint density at radius 2 is 0.921 bits per heavy atom. The van der Waals surface area contributed by atoms with Crippen LogP contribution in [-0.2, 0) is 0 Å². The van der Waals surface area contributed by atoms with Gasteiger partial charge < -0.3 is 9.97 Å². The summed E-state index contributed by atoms with van der Waals surface area (Å²) in [7, 11) is 0. The van der Waals surface area contributed by atoms with Gasteiger partial charge >= 0.3 is 0 Å². The lowest BCUT2D eigenvalue weighted by molar-refractivity contribution is 0.0964. The summed E-state index contributed by atoms with van der Waals surface area (Å²) in [5, 5.41) is 0. The van der Waals surface area contributed by atoms with Gasteiger partial charge in [0.15, 0.2) is 0 Å². The van der Waals surface area contributed by atoms with Crippen molar-refractivity contribution in [1.29, 1.82) is 0 Å². The molecule has 0 radical (unpaired) electrons. The molecule has 7 heterocycles. The second-order valence-corrected chi connectivity index (χ2v) is 9.02. The maximum atomic E-state index is 13.2. The largest absolute Gasteiger partial charge is 0.355 e. The minimum Gasteiger partial charge on any atom is -0.355 e. The molecular formula is C28H14N8O2. The molecule has 1 aliphatic carbocycles. The topological polar surface area (TPSA) is 143 Å². The van der Waals surface area contributed by atoms with Crippen molar-refractivity contribution < 1.29 is 9.59 Å². The second kappa shape index (κ2) is 7.43. The molecule has 178 valence electrons. The van der Waals surface area contributed by atoms with Crippen LogP contribution in [0.2, 0.25) is 0 Å². The fraction of sp³-hybridized carbons (Fsp3) is 0. The van der Waals surface area contributed by atoms with Crippen LogP contribution in [0.5, 0.6) is 0 Å². The molecule has 10 heteroatoms. The van der Waals surface area contributed by atoms with E-state index in [1.807, 2.05) is 60.7 Å². The van der Waals surface area contributed by atoms with E-state index in [0.717, 1.165) is 33.5 Å². The molecule has 8 bridgehead atoms. The molecule has 5 aromatic rings.